The monoisotopic (exact) mass is 179 g/mol. The van der Waals surface area contributed by atoms with Gasteiger partial charge in [-0.1, -0.05) is 19.1 Å². The molecule has 13 heavy (non-hydrogen) atoms. The first kappa shape index (κ1) is 8.79. The lowest BCUT2D eigenvalue weighted by Gasteiger charge is -2.14. The van der Waals surface area contributed by atoms with E-state index in [9.17, 15) is 4.79 Å². The van der Waals surface area contributed by atoms with Gasteiger partial charge in [0, 0.05) is 12.5 Å². The second-order valence-corrected chi connectivity index (χ2v) is 4.69. The molecule has 0 aromatic heterocycles. The standard InChI is InChI=1S/C11H17NO/c1-11(6-7-11)8-10(13)12-9-4-2-3-5-9/h2-3,9H,4-8H2,1H3,(H,12,13). The summed E-state index contributed by atoms with van der Waals surface area (Å²) in [5.74, 6) is 0.244. The van der Waals surface area contributed by atoms with Crippen LogP contribution in [0.25, 0.3) is 0 Å². The number of hydrogen-bond acceptors (Lipinski definition) is 1. The Morgan fingerprint density at radius 1 is 1.46 bits per heavy atom. The number of nitrogens with one attached hydrogen (secondary N) is 1. The summed E-state index contributed by atoms with van der Waals surface area (Å²) in [5.41, 5.74) is 0.343. The average Bonchev–Trinajstić information content (AvgIpc) is 2.61. The van der Waals surface area contributed by atoms with Crippen molar-refractivity contribution in [3.05, 3.63) is 12.2 Å². The third-order valence-corrected chi connectivity index (χ3v) is 3.06. The van der Waals surface area contributed by atoms with Crippen LogP contribution in [0.3, 0.4) is 0 Å². The topological polar surface area (TPSA) is 29.1 Å². The smallest absolute Gasteiger partial charge is 0.220 e. The molecule has 0 radical (unpaired) electrons. The van der Waals surface area contributed by atoms with E-state index in [0.717, 1.165) is 19.3 Å². The van der Waals surface area contributed by atoms with Crippen molar-refractivity contribution in [2.45, 2.75) is 45.1 Å². The van der Waals surface area contributed by atoms with Crippen molar-refractivity contribution in [2.75, 3.05) is 0 Å². The van der Waals surface area contributed by atoms with Crippen molar-refractivity contribution >= 4 is 5.91 Å². The number of rotatable bonds is 3. The Labute approximate surface area is 79.4 Å². The van der Waals surface area contributed by atoms with Crippen LogP contribution in [0.15, 0.2) is 12.2 Å². The Morgan fingerprint density at radius 2 is 2.08 bits per heavy atom. The predicted octanol–water partition coefficient (Wildman–Crippen LogP) is 2.01. The van der Waals surface area contributed by atoms with Gasteiger partial charge in [0.25, 0.3) is 0 Å². The maximum Gasteiger partial charge on any atom is 0.220 e. The maximum atomic E-state index is 11.5. The van der Waals surface area contributed by atoms with Gasteiger partial charge in [0.15, 0.2) is 0 Å². The Balaban J connectivity index is 1.72. The molecule has 0 aromatic carbocycles. The SMILES string of the molecule is CC1(CC(=O)NC2CC=CC2)CC1. The van der Waals surface area contributed by atoms with Crippen molar-refractivity contribution in [2.24, 2.45) is 5.41 Å². The quantitative estimate of drug-likeness (QED) is 0.660. The molecule has 2 aliphatic carbocycles. The molecular weight excluding hydrogens is 162 g/mol. The van der Waals surface area contributed by atoms with Crippen LogP contribution < -0.4 is 5.32 Å². The minimum atomic E-state index is 0.244. The zero-order chi connectivity index (χ0) is 9.31. The molecule has 0 atom stereocenters. The van der Waals surface area contributed by atoms with Crippen LogP contribution in [0.5, 0.6) is 0 Å². The fourth-order valence-corrected chi connectivity index (χ4v) is 1.79. The van der Waals surface area contributed by atoms with Gasteiger partial charge in [-0.15, -0.1) is 0 Å². The second kappa shape index (κ2) is 3.17. The van der Waals surface area contributed by atoms with E-state index in [1.807, 2.05) is 0 Å². The minimum absolute atomic E-state index is 0.244. The molecule has 0 aliphatic heterocycles. The van der Waals surface area contributed by atoms with Crippen LogP contribution >= 0.6 is 0 Å². The molecule has 0 aromatic rings. The molecule has 1 fully saturated rings. The van der Waals surface area contributed by atoms with E-state index in [0.29, 0.717) is 11.5 Å². The van der Waals surface area contributed by atoms with Crippen molar-refractivity contribution in [3.8, 4) is 0 Å². The van der Waals surface area contributed by atoms with Gasteiger partial charge in [-0.2, -0.15) is 0 Å². The van der Waals surface area contributed by atoms with E-state index in [2.05, 4.69) is 24.4 Å². The van der Waals surface area contributed by atoms with Crippen molar-refractivity contribution < 1.29 is 4.79 Å². The number of hydrogen-bond donors (Lipinski definition) is 1. The normalized spacial score (nSPS) is 24.7. The molecule has 0 spiro atoms. The zero-order valence-electron chi connectivity index (χ0n) is 8.18. The highest BCUT2D eigenvalue weighted by Gasteiger charge is 2.39. The largest absolute Gasteiger partial charge is 0.353 e. The van der Waals surface area contributed by atoms with Crippen LogP contribution in [0.1, 0.15) is 39.0 Å². The molecule has 0 bridgehead atoms. The van der Waals surface area contributed by atoms with Gasteiger partial charge in [-0.25, -0.2) is 0 Å². The first-order valence-electron chi connectivity index (χ1n) is 5.12. The molecule has 0 heterocycles. The molecule has 0 unspecified atom stereocenters. The molecule has 2 nitrogen and oxygen atoms in total. The van der Waals surface area contributed by atoms with Gasteiger partial charge in [0.2, 0.25) is 5.91 Å². The first-order valence-corrected chi connectivity index (χ1v) is 5.12. The van der Waals surface area contributed by atoms with Crippen LogP contribution in [0.4, 0.5) is 0 Å². The van der Waals surface area contributed by atoms with E-state index in [-0.39, 0.29) is 5.91 Å². The molecule has 1 N–H and O–H groups in total. The summed E-state index contributed by atoms with van der Waals surface area (Å²) in [6.07, 6.45) is 9.49. The van der Waals surface area contributed by atoms with E-state index in [4.69, 9.17) is 0 Å². The third-order valence-electron chi connectivity index (χ3n) is 3.06. The van der Waals surface area contributed by atoms with E-state index < -0.39 is 0 Å². The Bertz CT molecular complexity index is 232. The highest BCUT2D eigenvalue weighted by Crippen LogP contribution is 2.47. The fourth-order valence-electron chi connectivity index (χ4n) is 1.79. The number of carbonyl (C=O) groups is 1. The van der Waals surface area contributed by atoms with Crippen molar-refractivity contribution in [1.82, 2.24) is 5.32 Å². The van der Waals surface area contributed by atoms with Gasteiger partial charge in [0.1, 0.15) is 0 Å². The van der Waals surface area contributed by atoms with Crippen molar-refractivity contribution in [3.63, 3.8) is 0 Å². The lowest BCUT2D eigenvalue weighted by molar-refractivity contribution is -0.122. The lowest BCUT2D eigenvalue weighted by Crippen LogP contribution is -2.33. The highest BCUT2D eigenvalue weighted by molar-refractivity contribution is 5.77. The second-order valence-electron chi connectivity index (χ2n) is 4.69. The number of carbonyl (C=O) groups excluding carboxylic acids is 1. The zero-order valence-corrected chi connectivity index (χ0v) is 8.18. The summed E-state index contributed by atoms with van der Waals surface area (Å²) >= 11 is 0. The summed E-state index contributed by atoms with van der Waals surface area (Å²) in [6.45, 7) is 2.19. The third kappa shape index (κ3) is 2.33. The molecule has 1 saturated carbocycles. The summed E-state index contributed by atoms with van der Waals surface area (Å²) in [6, 6.07) is 0.384. The Hall–Kier alpha value is -0.790. The fraction of sp³-hybridized carbons (Fsp3) is 0.727. The summed E-state index contributed by atoms with van der Waals surface area (Å²) in [5, 5.41) is 3.07. The molecule has 2 aliphatic rings. The molecule has 2 rings (SSSR count). The van der Waals surface area contributed by atoms with E-state index in [1.54, 1.807) is 0 Å². The van der Waals surface area contributed by atoms with Crippen LogP contribution in [0, 0.1) is 5.41 Å². The summed E-state index contributed by atoms with van der Waals surface area (Å²) in [7, 11) is 0. The molecule has 2 heteroatoms. The van der Waals surface area contributed by atoms with E-state index in [1.165, 1.54) is 12.8 Å². The summed E-state index contributed by atoms with van der Waals surface area (Å²) < 4.78 is 0. The Morgan fingerprint density at radius 3 is 2.62 bits per heavy atom. The average molecular weight is 179 g/mol. The highest BCUT2D eigenvalue weighted by atomic mass is 16.1. The van der Waals surface area contributed by atoms with Gasteiger partial charge in [0.05, 0.1) is 0 Å². The van der Waals surface area contributed by atoms with Gasteiger partial charge in [-0.05, 0) is 31.1 Å². The molecule has 1 amide bonds. The van der Waals surface area contributed by atoms with Crippen molar-refractivity contribution in [1.29, 1.82) is 0 Å². The predicted molar refractivity (Wildman–Crippen MR) is 52.3 cm³/mol. The number of amides is 1. The maximum absolute atomic E-state index is 11.5. The lowest BCUT2D eigenvalue weighted by atomic mass is 10.1. The van der Waals surface area contributed by atoms with Gasteiger partial charge >= 0.3 is 0 Å². The van der Waals surface area contributed by atoms with Gasteiger partial charge < -0.3 is 5.32 Å². The molecule has 72 valence electrons. The van der Waals surface area contributed by atoms with E-state index >= 15 is 0 Å². The van der Waals surface area contributed by atoms with Crippen LogP contribution in [-0.2, 0) is 4.79 Å². The van der Waals surface area contributed by atoms with Crippen LogP contribution in [-0.4, -0.2) is 11.9 Å². The molecular formula is C11H17NO. The van der Waals surface area contributed by atoms with Gasteiger partial charge in [-0.3, -0.25) is 4.79 Å². The molecule has 0 saturated heterocycles. The van der Waals surface area contributed by atoms with Crippen LogP contribution in [0.2, 0.25) is 0 Å². The Kier molecular flexibility index (Phi) is 2.14. The first-order chi connectivity index (χ1) is 6.18. The summed E-state index contributed by atoms with van der Waals surface area (Å²) in [4.78, 5) is 11.5. The minimum Gasteiger partial charge on any atom is -0.353 e.